The molecule has 244 valence electrons. The fraction of sp³-hybridized carbons (Fsp3) is 0.462. The van der Waals surface area contributed by atoms with E-state index in [1.165, 1.54) is 34.6 Å². The van der Waals surface area contributed by atoms with Crippen molar-refractivity contribution in [2.75, 3.05) is 0 Å². The highest BCUT2D eigenvalue weighted by molar-refractivity contribution is 6.33. The highest BCUT2D eigenvalue weighted by atomic mass is 16.5. The van der Waals surface area contributed by atoms with Gasteiger partial charge in [0.1, 0.15) is 6.10 Å². The van der Waals surface area contributed by atoms with Crippen LogP contribution in [0.1, 0.15) is 148 Å². The van der Waals surface area contributed by atoms with E-state index in [9.17, 15) is 24.0 Å². The fourth-order valence-electron chi connectivity index (χ4n) is 8.12. The Hall–Kier alpha value is -4.33. The molecular weight excluding hydrogens is 592 g/mol. The number of aryl methyl sites for hydroxylation is 1. The van der Waals surface area contributed by atoms with Gasteiger partial charge >= 0.3 is 5.97 Å². The van der Waals surface area contributed by atoms with Gasteiger partial charge in [-0.25, -0.2) is 4.79 Å². The largest absolute Gasteiger partial charge is 0.459 e. The molecule has 0 saturated heterocycles. The van der Waals surface area contributed by atoms with Gasteiger partial charge in [0.25, 0.3) is 23.6 Å². The smallest absolute Gasteiger partial charge is 0.338 e. The molecule has 2 fully saturated rings. The van der Waals surface area contributed by atoms with Crippen LogP contribution in [0.2, 0.25) is 0 Å². The Balaban J connectivity index is 1.03. The van der Waals surface area contributed by atoms with Crippen LogP contribution in [0.4, 0.5) is 0 Å². The van der Waals surface area contributed by atoms with Crippen LogP contribution < -0.4 is 0 Å². The number of unbranched alkanes of at least 4 members (excludes halogenated alkanes) is 3. The van der Waals surface area contributed by atoms with E-state index in [-0.39, 0.29) is 36.0 Å². The number of imide groups is 2. The van der Waals surface area contributed by atoms with E-state index in [1.54, 1.807) is 24.3 Å². The first-order valence-electron chi connectivity index (χ1n) is 17.5. The lowest BCUT2D eigenvalue weighted by Gasteiger charge is -2.39. The van der Waals surface area contributed by atoms with Gasteiger partial charge in [-0.15, -0.1) is 0 Å². The molecule has 3 aromatic rings. The summed E-state index contributed by atoms with van der Waals surface area (Å²) in [6.45, 7) is 2.20. The SMILES string of the molecule is CCCCCCc1ccc(C(=O)OC2CCC(N3C(=O)c4ccc5c6c(ccc(c46)C3=O)C(=O)N(C3CCCCC3)C5=O)CC2)cc1. The summed E-state index contributed by atoms with van der Waals surface area (Å²) in [4.78, 5) is 70.9. The summed E-state index contributed by atoms with van der Waals surface area (Å²) in [7, 11) is 0. The number of esters is 1. The van der Waals surface area contributed by atoms with E-state index in [0.717, 1.165) is 44.9 Å². The van der Waals surface area contributed by atoms with E-state index in [2.05, 4.69) is 6.92 Å². The Labute approximate surface area is 275 Å². The molecule has 0 atom stereocenters. The molecular formula is C39H42N2O6. The molecule has 2 heterocycles. The first-order valence-corrected chi connectivity index (χ1v) is 17.5. The van der Waals surface area contributed by atoms with Crippen molar-refractivity contribution >= 4 is 40.4 Å². The lowest BCUT2D eigenvalue weighted by atomic mass is 9.83. The molecule has 0 spiro atoms. The zero-order chi connectivity index (χ0) is 32.7. The number of hydrogen-bond acceptors (Lipinski definition) is 6. The Morgan fingerprint density at radius 3 is 1.60 bits per heavy atom. The normalized spacial score (nSPS) is 21.5. The van der Waals surface area contributed by atoms with Gasteiger partial charge in [0.2, 0.25) is 0 Å². The summed E-state index contributed by atoms with van der Waals surface area (Å²) in [6.07, 6.45) is 12.3. The van der Waals surface area contributed by atoms with Gasteiger partial charge in [-0.05, 0) is 93.3 Å². The van der Waals surface area contributed by atoms with E-state index >= 15 is 0 Å². The van der Waals surface area contributed by atoms with Crippen LogP contribution >= 0.6 is 0 Å². The minimum atomic E-state index is -0.406. The molecule has 0 radical (unpaired) electrons. The zero-order valence-corrected chi connectivity index (χ0v) is 27.1. The van der Waals surface area contributed by atoms with E-state index < -0.39 is 11.8 Å². The Bertz CT molecular complexity index is 1680. The predicted octanol–water partition coefficient (Wildman–Crippen LogP) is 7.66. The molecule has 8 nitrogen and oxygen atoms in total. The highest BCUT2D eigenvalue weighted by Gasteiger charge is 2.44. The number of rotatable bonds is 9. The summed E-state index contributed by atoms with van der Waals surface area (Å²) in [6, 6.07) is 13.8. The third-order valence-corrected chi connectivity index (χ3v) is 10.7. The van der Waals surface area contributed by atoms with Gasteiger partial charge in [-0.3, -0.25) is 29.0 Å². The number of carbonyl (C=O) groups excluding carboxylic acids is 5. The standard InChI is InChI=1S/C39H42N2O6/c1-2-3-4-6-9-24-12-14-25(15-13-24)39(46)47-28-18-16-27(17-19-28)41-37(44)31-22-20-29-33-30(21-23-32(34(31)33)38(41)45)36(43)40(35(29)42)26-10-7-5-8-11-26/h12-15,20-23,26-28H,2-11,16-19H2,1H3. The Kier molecular flexibility index (Phi) is 8.69. The lowest BCUT2D eigenvalue weighted by molar-refractivity contribution is 0.0105. The third kappa shape index (κ3) is 5.66. The maximum atomic E-state index is 13.9. The van der Waals surface area contributed by atoms with Crippen molar-refractivity contribution in [1.82, 2.24) is 9.80 Å². The molecule has 0 bridgehead atoms. The molecule has 3 aromatic carbocycles. The average molecular weight is 635 g/mol. The number of amides is 4. The number of carbonyl (C=O) groups is 5. The van der Waals surface area contributed by atoms with Crippen molar-refractivity contribution in [3.05, 3.63) is 81.9 Å². The summed E-state index contributed by atoms with van der Waals surface area (Å²) in [5.41, 5.74) is 3.19. The molecule has 0 unspecified atom stereocenters. The molecule has 2 aliphatic carbocycles. The van der Waals surface area contributed by atoms with Gasteiger partial charge in [-0.2, -0.15) is 0 Å². The van der Waals surface area contributed by atoms with Gasteiger partial charge < -0.3 is 4.74 Å². The van der Waals surface area contributed by atoms with Crippen LogP contribution in [0.5, 0.6) is 0 Å². The van der Waals surface area contributed by atoms with Crippen LogP contribution in [0, 0.1) is 0 Å². The number of nitrogens with zero attached hydrogens (tertiary/aromatic N) is 2. The summed E-state index contributed by atoms with van der Waals surface area (Å²) >= 11 is 0. The molecule has 2 aliphatic heterocycles. The quantitative estimate of drug-likeness (QED) is 0.136. The van der Waals surface area contributed by atoms with Gasteiger partial charge in [0, 0.05) is 45.1 Å². The van der Waals surface area contributed by atoms with Crippen molar-refractivity contribution in [1.29, 1.82) is 0 Å². The third-order valence-electron chi connectivity index (χ3n) is 10.7. The molecule has 4 aliphatic rings. The van der Waals surface area contributed by atoms with Gasteiger partial charge in [-0.1, -0.05) is 57.6 Å². The van der Waals surface area contributed by atoms with Crippen molar-refractivity contribution < 1.29 is 28.7 Å². The molecule has 2 saturated carbocycles. The van der Waals surface area contributed by atoms with Crippen LogP contribution in [-0.2, 0) is 11.2 Å². The maximum Gasteiger partial charge on any atom is 0.338 e. The molecule has 8 heteroatoms. The number of hydrogen-bond donors (Lipinski definition) is 0. The van der Waals surface area contributed by atoms with Crippen LogP contribution in [0.25, 0.3) is 10.8 Å². The summed E-state index contributed by atoms with van der Waals surface area (Å²) in [5, 5.41) is 0.828. The number of benzene rings is 3. The highest BCUT2D eigenvalue weighted by Crippen LogP contribution is 2.41. The fourth-order valence-corrected chi connectivity index (χ4v) is 8.12. The van der Waals surface area contributed by atoms with Crippen molar-refractivity contribution in [2.24, 2.45) is 0 Å². The van der Waals surface area contributed by atoms with Crippen LogP contribution in [-0.4, -0.2) is 57.6 Å². The molecule has 0 N–H and O–H groups in total. The van der Waals surface area contributed by atoms with Crippen molar-refractivity contribution in [3.8, 4) is 0 Å². The molecule has 47 heavy (non-hydrogen) atoms. The van der Waals surface area contributed by atoms with E-state index in [4.69, 9.17) is 4.74 Å². The summed E-state index contributed by atoms with van der Waals surface area (Å²) in [5.74, 6) is -1.85. The minimum Gasteiger partial charge on any atom is -0.459 e. The molecule has 4 amide bonds. The zero-order valence-electron chi connectivity index (χ0n) is 27.1. The summed E-state index contributed by atoms with van der Waals surface area (Å²) < 4.78 is 5.85. The van der Waals surface area contributed by atoms with Crippen LogP contribution in [0.3, 0.4) is 0 Å². The molecule has 0 aromatic heterocycles. The van der Waals surface area contributed by atoms with E-state index in [0.29, 0.717) is 64.3 Å². The van der Waals surface area contributed by atoms with Crippen LogP contribution in [0.15, 0.2) is 48.5 Å². The first kappa shape index (κ1) is 31.3. The van der Waals surface area contributed by atoms with Crippen molar-refractivity contribution in [2.45, 2.75) is 115 Å². The average Bonchev–Trinajstić information content (AvgIpc) is 3.09. The Morgan fingerprint density at radius 2 is 1.11 bits per heavy atom. The number of ether oxygens (including phenoxy) is 1. The topological polar surface area (TPSA) is 101 Å². The minimum absolute atomic E-state index is 0.127. The first-order chi connectivity index (χ1) is 22.9. The Morgan fingerprint density at radius 1 is 0.617 bits per heavy atom. The molecule has 7 rings (SSSR count). The van der Waals surface area contributed by atoms with Crippen molar-refractivity contribution in [3.63, 3.8) is 0 Å². The maximum absolute atomic E-state index is 13.9. The van der Waals surface area contributed by atoms with Gasteiger partial charge in [0.15, 0.2) is 0 Å². The monoisotopic (exact) mass is 634 g/mol. The lowest BCUT2D eigenvalue weighted by Crippen LogP contribution is -2.50. The van der Waals surface area contributed by atoms with E-state index in [1.807, 2.05) is 24.3 Å². The second-order valence-electron chi connectivity index (χ2n) is 13.7. The second kappa shape index (κ2) is 13.1. The second-order valence-corrected chi connectivity index (χ2v) is 13.7. The van der Waals surface area contributed by atoms with Gasteiger partial charge in [0.05, 0.1) is 5.56 Å². The predicted molar refractivity (Wildman–Crippen MR) is 178 cm³/mol.